The van der Waals surface area contributed by atoms with Crippen LogP contribution in [0.25, 0.3) is 5.57 Å². The zero-order valence-electron chi connectivity index (χ0n) is 14.0. The third-order valence-corrected chi connectivity index (χ3v) is 4.99. The molecule has 0 spiro atoms. The fourth-order valence-corrected chi connectivity index (χ4v) is 3.52. The smallest absolute Gasteiger partial charge is 0.0838 e. The van der Waals surface area contributed by atoms with Crippen LogP contribution in [0.15, 0.2) is 97.1 Å². The SMILES string of the molecule is N#CC1(C=C(c2ccccc2)c2ccccc2)CC1c1ccccc1. The fraction of sp³-hybridized carbons (Fsp3) is 0.125. The van der Waals surface area contributed by atoms with E-state index in [-0.39, 0.29) is 5.92 Å². The number of nitriles is 1. The molecule has 0 saturated heterocycles. The molecule has 0 amide bonds. The lowest BCUT2D eigenvalue weighted by molar-refractivity contribution is 0.825. The Labute approximate surface area is 148 Å². The van der Waals surface area contributed by atoms with E-state index in [0.717, 1.165) is 23.1 Å². The zero-order chi connectivity index (χ0) is 17.1. The number of benzene rings is 3. The average molecular weight is 321 g/mol. The molecule has 3 aromatic rings. The van der Waals surface area contributed by atoms with Crippen molar-refractivity contribution in [1.29, 1.82) is 5.26 Å². The first-order valence-corrected chi connectivity index (χ1v) is 8.62. The van der Waals surface area contributed by atoms with Gasteiger partial charge in [0.2, 0.25) is 0 Å². The molecule has 1 nitrogen and oxygen atoms in total. The van der Waals surface area contributed by atoms with Gasteiger partial charge in [-0.15, -0.1) is 0 Å². The van der Waals surface area contributed by atoms with Gasteiger partial charge in [-0.2, -0.15) is 5.26 Å². The normalized spacial score (nSPS) is 21.2. The Bertz CT molecular complexity index is 879. The summed E-state index contributed by atoms with van der Waals surface area (Å²) in [6, 6.07) is 33.7. The highest BCUT2D eigenvalue weighted by Crippen LogP contribution is 2.61. The topological polar surface area (TPSA) is 23.8 Å². The molecule has 0 heterocycles. The summed E-state index contributed by atoms with van der Waals surface area (Å²) in [7, 11) is 0. The van der Waals surface area contributed by atoms with Gasteiger partial charge in [-0.25, -0.2) is 0 Å². The highest BCUT2D eigenvalue weighted by molar-refractivity contribution is 5.81. The second-order valence-corrected chi connectivity index (χ2v) is 6.61. The minimum Gasteiger partial charge on any atom is -0.197 e. The van der Waals surface area contributed by atoms with Crippen LogP contribution in [0.3, 0.4) is 0 Å². The van der Waals surface area contributed by atoms with Crippen LogP contribution in [0.2, 0.25) is 0 Å². The van der Waals surface area contributed by atoms with Crippen molar-refractivity contribution in [2.24, 2.45) is 5.41 Å². The molecule has 3 aromatic carbocycles. The lowest BCUT2D eigenvalue weighted by Crippen LogP contribution is -1.99. The summed E-state index contributed by atoms with van der Waals surface area (Å²) >= 11 is 0. The van der Waals surface area contributed by atoms with Crippen LogP contribution < -0.4 is 0 Å². The van der Waals surface area contributed by atoms with Crippen LogP contribution in [0, 0.1) is 16.7 Å². The maximum atomic E-state index is 9.94. The zero-order valence-corrected chi connectivity index (χ0v) is 14.0. The van der Waals surface area contributed by atoms with E-state index in [0.29, 0.717) is 0 Å². The Kier molecular flexibility index (Phi) is 3.96. The molecule has 0 radical (unpaired) electrons. The summed E-state index contributed by atoms with van der Waals surface area (Å²) < 4.78 is 0. The van der Waals surface area contributed by atoms with E-state index in [4.69, 9.17) is 0 Å². The van der Waals surface area contributed by atoms with Crippen LogP contribution in [0.1, 0.15) is 29.0 Å². The van der Waals surface area contributed by atoms with Crippen LogP contribution in [-0.2, 0) is 0 Å². The van der Waals surface area contributed by atoms with Crippen molar-refractivity contribution < 1.29 is 0 Å². The predicted molar refractivity (Wildman–Crippen MR) is 102 cm³/mol. The van der Waals surface area contributed by atoms with E-state index in [9.17, 15) is 5.26 Å². The highest BCUT2D eigenvalue weighted by Gasteiger charge is 2.54. The number of rotatable bonds is 4. The number of hydrogen-bond acceptors (Lipinski definition) is 1. The van der Waals surface area contributed by atoms with Gasteiger partial charge in [0, 0.05) is 5.92 Å². The lowest BCUT2D eigenvalue weighted by Gasteiger charge is -2.12. The summed E-state index contributed by atoms with van der Waals surface area (Å²) in [4.78, 5) is 0. The summed E-state index contributed by atoms with van der Waals surface area (Å²) in [6.07, 6.45) is 3.08. The first-order chi connectivity index (χ1) is 12.3. The van der Waals surface area contributed by atoms with E-state index in [1.165, 1.54) is 5.56 Å². The second-order valence-electron chi connectivity index (χ2n) is 6.61. The first kappa shape index (κ1) is 15.4. The van der Waals surface area contributed by atoms with Crippen molar-refractivity contribution in [3.63, 3.8) is 0 Å². The molecule has 0 bridgehead atoms. The monoisotopic (exact) mass is 321 g/mol. The van der Waals surface area contributed by atoms with Crippen molar-refractivity contribution in [1.82, 2.24) is 0 Å². The molecular weight excluding hydrogens is 302 g/mol. The second kappa shape index (κ2) is 6.42. The molecule has 0 aliphatic heterocycles. The summed E-state index contributed by atoms with van der Waals surface area (Å²) in [5.41, 5.74) is 4.29. The van der Waals surface area contributed by atoms with Crippen molar-refractivity contribution in [3.05, 3.63) is 114 Å². The molecule has 2 unspecified atom stereocenters. The molecule has 25 heavy (non-hydrogen) atoms. The fourth-order valence-electron chi connectivity index (χ4n) is 3.52. The molecule has 0 aromatic heterocycles. The minimum absolute atomic E-state index is 0.279. The van der Waals surface area contributed by atoms with Crippen molar-refractivity contribution >= 4 is 5.57 Å². The number of nitrogens with zero attached hydrogens (tertiary/aromatic N) is 1. The Morgan fingerprint density at radius 2 is 1.28 bits per heavy atom. The first-order valence-electron chi connectivity index (χ1n) is 8.62. The third-order valence-electron chi connectivity index (χ3n) is 4.99. The summed E-state index contributed by atoms with van der Waals surface area (Å²) in [5, 5.41) is 9.94. The van der Waals surface area contributed by atoms with Gasteiger partial charge in [-0.1, -0.05) is 97.1 Å². The highest BCUT2D eigenvalue weighted by atomic mass is 14.6. The van der Waals surface area contributed by atoms with Crippen molar-refractivity contribution in [2.75, 3.05) is 0 Å². The van der Waals surface area contributed by atoms with E-state index in [2.05, 4.69) is 60.7 Å². The van der Waals surface area contributed by atoms with Gasteiger partial charge in [0.1, 0.15) is 0 Å². The molecule has 1 heteroatoms. The van der Waals surface area contributed by atoms with Crippen molar-refractivity contribution in [3.8, 4) is 6.07 Å². The Hall–Kier alpha value is -3.11. The molecule has 1 aliphatic rings. The van der Waals surface area contributed by atoms with Gasteiger partial charge in [-0.05, 0) is 28.7 Å². The minimum atomic E-state index is -0.414. The molecule has 1 saturated carbocycles. The molecule has 2 atom stereocenters. The molecule has 4 rings (SSSR count). The summed E-state index contributed by atoms with van der Waals surface area (Å²) in [5.74, 6) is 0.279. The van der Waals surface area contributed by atoms with E-state index in [1.54, 1.807) is 0 Å². The Morgan fingerprint density at radius 1 is 0.800 bits per heavy atom. The molecule has 1 aliphatic carbocycles. The van der Waals surface area contributed by atoms with Gasteiger partial charge in [0.05, 0.1) is 11.5 Å². The van der Waals surface area contributed by atoms with Gasteiger partial charge in [-0.3, -0.25) is 0 Å². The van der Waals surface area contributed by atoms with Gasteiger partial charge in [0.15, 0.2) is 0 Å². The summed E-state index contributed by atoms with van der Waals surface area (Å²) in [6.45, 7) is 0. The van der Waals surface area contributed by atoms with E-state index < -0.39 is 5.41 Å². The maximum absolute atomic E-state index is 9.94. The van der Waals surface area contributed by atoms with Crippen LogP contribution in [0.4, 0.5) is 0 Å². The largest absolute Gasteiger partial charge is 0.197 e. The molecule has 0 N–H and O–H groups in total. The van der Waals surface area contributed by atoms with Gasteiger partial charge in [0.25, 0.3) is 0 Å². The van der Waals surface area contributed by atoms with Gasteiger partial charge >= 0.3 is 0 Å². The van der Waals surface area contributed by atoms with E-state index >= 15 is 0 Å². The number of allylic oxidation sites excluding steroid dienone is 1. The van der Waals surface area contributed by atoms with Gasteiger partial charge < -0.3 is 0 Å². The third kappa shape index (κ3) is 2.99. The standard InChI is InChI=1S/C24H19N/c25-18-24(17-23(24)21-14-8-3-9-15-21)16-22(19-10-4-1-5-11-19)20-12-6-2-7-13-20/h1-16,23H,17H2. The maximum Gasteiger partial charge on any atom is 0.0838 e. The van der Waals surface area contributed by atoms with Crippen LogP contribution in [0.5, 0.6) is 0 Å². The molecular formula is C24H19N. The van der Waals surface area contributed by atoms with Crippen molar-refractivity contribution in [2.45, 2.75) is 12.3 Å². The predicted octanol–water partition coefficient (Wildman–Crippen LogP) is 5.82. The lowest BCUT2D eigenvalue weighted by atomic mass is 9.91. The Balaban J connectivity index is 1.79. The average Bonchev–Trinajstić information content (AvgIpc) is 3.43. The van der Waals surface area contributed by atoms with E-state index in [1.807, 2.05) is 42.5 Å². The van der Waals surface area contributed by atoms with Crippen LogP contribution in [-0.4, -0.2) is 0 Å². The molecule has 1 fully saturated rings. The Morgan fingerprint density at radius 3 is 1.76 bits per heavy atom. The van der Waals surface area contributed by atoms with Crippen LogP contribution >= 0.6 is 0 Å². The molecule has 120 valence electrons. The quantitative estimate of drug-likeness (QED) is 0.594. The number of hydrogen-bond donors (Lipinski definition) is 0.